The van der Waals surface area contributed by atoms with Gasteiger partial charge in [0.2, 0.25) is 11.8 Å². The number of hydrogen-bond acceptors (Lipinski definition) is 4. The Balaban J connectivity index is 1.44. The smallest absolute Gasteiger partial charge is 0.338 e. The van der Waals surface area contributed by atoms with Gasteiger partial charge in [0.25, 0.3) is 0 Å². The third kappa shape index (κ3) is 2.03. The van der Waals surface area contributed by atoms with Gasteiger partial charge in [-0.1, -0.05) is 12.2 Å². The molecule has 29 heavy (non-hydrogen) atoms. The maximum absolute atomic E-state index is 12.0. The predicted octanol–water partition coefficient (Wildman–Crippen LogP) is 4.40. The standard InChI is InChI=1S/C24H25NO4/c1-3-29-24(28)14-6-7-17(11(2)8-14)25-22(26)20-15-10-16(21(20)23(25)27)19-13-5-4-12(9-13)18(15)19/h4-8,12-13,15-16,18-19,26-27H,3,9-10H2,1-2H3. The monoisotopic (exact) mass is 391 g/mol. The zero-order chi connectivity index (χ0) is 20.0. The van der Waals surface area contributed by atoms with Gasteiger partial charge in [-0.25, -0.2) is 4.79 Å². The molecule has 6 rings (SSSR count). The van der Waals surface area contributed by atoms with E-state index in [4.69, 9.17) is 4.74 Å². The van der Waals surface area contributed by atoms with Crippen molar-refractivity contribution >= 4 is 5.97 Å². The minimum atomic E-state index is -0.362. The number of benzene rings is 1. The zero-order valence-electron chi connectivity index (χ0n) is 16.6. The fourth-order valence-corrected chi connectivity index (χ4v) is 7.03. The first-order valence-corrected chi connectivity index (χ1v) is 10.6. The van der Waals surface area contributed by atoms with E-state index in [0.29, 0.717) is 53.4 Å². The van der Waals surface area contributed by atoms with Crippen LogP contribution in [0.1, 0.15) is 58.6 Å². The summed E-state index contributed by atoms with van der Waals surface area (Å²) in [6, 6.07) is 5.23. The lowest BCUT2D eigenvalue weighted by Crippen LogP contribution is -2.24. The Morgan fingerprint density at radius 3 is 2.24 bits per heavy atom. The summed E-state index contributed by atoms with van der Waals surface area (Å²) in [5.74, 6) is 3.13. The molecule has 0 aliphatic heterocycles. The molecular formula is C24H25NO4. The highest BCUT2D eigenvalue weighted by Crippen LogP contribution is 2.72. The molecule has 4 bridgehead atoms. The van der Waals surface area contributed by atoms with Crippen LogP contribution in [0.4, 0.5) is 0 Å². The Morgan fingerprint density at radius 1 is 1.07 bits per heavy atom. The molecule has 0 amide bonds. The lowest BCUT2D eigenvalue weighted by molar-refractivity contribution is 0.0526. The summed E-state index contributed by atoms with van der Waals surface area (Å²) in [6.45, 7) is 3.99. The van der Waals surface area contributed by atoms with E-state index < -0.39 is 0 Å². The summed E-state index contributed by atoms with van der Waals surface area (Å²) in [5, 5.41) is 22.4. The molecule has 0 spiro atoms. The van der Waals surface area contributed by atoms with Crippen LogP contribution < -0.4 is 0 Å². The molecule has 1 heterocycles. The molecule has 5 heteroatoms. The third-order valence-electron chi connectivity index (χ3n) is 7.91. The molecule has 5 nitrogen and oxygen atoms in total. The first-order valence-electron chi connectivity index (χ1n) is 10.6. The van der Waals surface area contributed by atoms with Crippen LogP contribution in [0.5, 0.6) is 11.8 Å². The lowest BCUT2D eigenvalue weighted by atomic mass is 9.72. The maximum Gasteiger partial charge on any atom is 0.338 e. The van der Waals surface area contributed by atoms with Crippen molar-refractivity contribution in [1.82, 2.24) is 4.57 Å². The van der Waals surface area contributed by atoms with Gasteiger partial charge in [-0.2, -0.15) is 0 Å². The third-order valence-corrected chi connectivity index (χ3v) is 7.91. The molecule has 2 N–H and O–H groups in total. The maximum atomic E-state index is 12.0. The molecule has 2 aromatic rings. The zero-order valence-corrected chi connectivity index (χ0v) is 16.6. The number of nitrogens with zero attached hydrogens (tertiary/aromatic N) is 1. The predicted molar refractivity (Wildman–Crippen MR) is 108 cm³/mol. The number of allylic oxidation sites excluding steroid dienone is 2. The van der Waals surface area contributed by atoms with E-state index in [-0.39, 0.29) is 17.7 Å². The number of carbonyl (C=O) groups excluding carboxylic acids is 1. The van der Waals surface area contributed by atoms with Gasteiger partial charge >= 0.3 is 5.97 Å². The van der Waals surface area contributed by atoms with Crippen molar-refractivity contribution in [3.8, 4) is 17.4 Å². The number of fused-ring (bicyclic) bond motifs is 12. The number of hydrogen-bond donors (Lipinski definition) is 2. The Labute approximate surface area is 169 Å². The Hall–Kier alpha value is -2.69. The first kappa shape index (κ1) is 17.2. The largest absolute Gasteiger partial charge is 0.494 e. The molecular weight excluding hydrogens is 366 g/mol. The number of aromatic nitrogens is 1. The number of esters is 1. The van der Waals surface area contributed by atoms with Gasteiger partial charge in [-0.05, 0) is 86.0 Å². The summed E-state index contributed by atoms with van der Waals surface area (Å²) in [6.07, 6.45) is 7.04. The molecule has 6 atom stereocenters. The summed E-state index contributed by atoms with van der Waals surface area (Å²) in [4.78, 5) is 12.0. The van der Waals surface area contributed by atoms with Crippen molar-refractivity contribution in [1.29, 1.82) is 0 Å². The lowest BCUT2D eigenvalue weighted by Gasteiger charge is -2.31. The van der Waals surface area contributed by atoms with Crippen LogP contribution in [0.3, 0.4) is 0 Å². The number of carbonyl (C=O) groups is 1. The summed E-state index contributed by atoms with van der Waals surface area (Å²) >= 11 is 0. The normalized spacial score (nSPS) is 32.6. The van der Waals surface area contributed by atoms with Crippen molar-refractivity contribution < 1.29 is 19.7 Å². The topological polar surface area (TPSA) is 71.7 Å². The number of aryl methyl sites for hydroxylation is 1. The minimum Gasteiger partial charge on any atom is -0.494 e. The van der Waals surface area contributed by atoms with E-state index >= 15 is 0 Å². The summed E-state index contributed by atoms with van der Waals surface area (Å²) < 4.78 is 6.65. The van der Waals surface area contributed by atoms with Gasteiger partial charge < -0.3 is 14.9 Å². The molecule has 2 saturated carbocycles. The van der Waals surface area contributed by atoms with E-state index in [1.807, 2.05) is 6.92 Å². The van der Waals surface area contributed by atoms with Gasteiger partial charge in [0.1, 0.15) is 0 Å². The molecule has 0 saturated heterocycles. The second-order valence-electron chi connectivity index (χ2n) is 9.08. The highest BCUT2D eigenvalue weighted by Gasteiger charge is 2.62. The van der Waals surface area contributed by atoms with Gasteiger partial charge in [-0.3, -0.25) is 4.57 Å². The van der Waals surface area contributed by atoms with Crippen molar-refractivity contribution in [3.05, 3.63) is 52.6 Å². The molecule has 1 aromatic heterocycles. The SMILES string of the molecule is CCOC(=O)c1ccc(-n2c(O)c3c(c2O)C2CC3C3C4C=CC(C4)C23)c(C)c1. The average molecular weight is 391 g/mol. The number of rotatable bonds is 3. The van der Waals surface area contributed by atoms with Crippen molar-refractivity contribution in [3.63, 3.8) is 0 Å². The van der Waals surface area contributed by atoms with E-state index in [1.54, 1.807) is 29.7 Å². The van der Waals surface area contributed by atoms with Crippen LogP contribution in [0.25, 0.3) is 5.69 Å². The second-order valence-corrected chi connectivity index (χ2v) is 9.08. The van der Waals surface area contributed by atoms with Crippen LogP contribution >= 0.6 is 0 Å². The van der Waals surface area contributed by atoms with Crippen molar-refractivity contribution in [2.75, 3.05) is 6.61 Å². The van der Waals surface area contributed by atoms with Crippen LogP contribution in [-0.2, 0) is 4.74 Å². The van der Waals surface area contributed by atoms with E-state index in [1.165, 1.54) is 6.42 Å². The summed E-state index contributed by atoms with van der Waals surface area (Å²) in [5.41, 5.74) is 3.91. The Kier molecular flexibility index (Phi) is 3.37. The fourth-order valence-electron chi connectivity index (χ4n) is 7.03. The van der Waals surface area contributed by atoms with E-state index in [9.17, 15) is 15.0 Å². The molecule has 4 aliphatic rings. The van der Waals surface area contributed by atoms with Crippen LogP contribution in [0, 0.1) is 30.6 Å². The fraction of sp³-hybridized carbons (Fsp3) is 0.458. The molecule has 6 unspecified atom stereocenters. The number of ether oxygens (including phenoxy) is 1. The Bertz CT molecular complexity index is 1030. The summed E-state index contributed by atoms with van der Waals surface area (Å²) in [7, 11) is 0. The van der Waals surface area contributed by atoms with E-state index in [2.05, 4.69) is 12.2 Å². The van der Waals surface area contributed by atoms with Crippen LogP contribution in [-0.4, -0.2) is 27.4 Å². The average Bonchev–Trinajstić information content (AvgIpc) is 3.48. The quantitative estimate of drug-likeness (QED) is 0.462. The minimum absolute atomic E-state index is 0.169. The first-order chi connectivity index (χ1) is 14.0. The van der Waals surface area contributed by atoms with Gasteiger partial charge in [0.05, 0.1) is 17.9 Å². The van der Waals surface area contributed by atoms with Crippen molar-refractivity contribution in [2.24, 2.45) is 23.7 Å². The molecule has 2 fully saturated rings. The van der Waals surface area contributed by atoms with E-state index in [0.717, 1.165) is 23.1 Å². The van der Waals surface area contributed by atoms with Crippen molar-refractivity contribution in [2.45, 2.75) is 38.5 Å². The van der Waals surface area contributed by atoms with Crippen LogP contribution in [0.2, 0.25) is 0 Å². The van der Waals surface area contributed by atoms with Crippen LogP contribution in [0.15, 0.2) is 30.4 Å². The Morgan fingerprint density at radius 2 is 1.69 bits per heavy atom. The van der Waals surface area contributed by atoms with Gasteiger partial charge in [-0.15, -0.1) is 0 Å². The van der Waals surface area contributed by atoms with Gasteiger partial charge in [0.15, 0.2) is 0 Å². The molecule has 0 radical (unpaired) electrons. The highest BCUT2D eigenvalue weighted by molar-refractivity contribution is 5.90. The number of aromatic hydroxyl groups is 2. The molecule has 150 valence electrons. The van der Waals surface area contributed by atoms with Gasteiger partial charge in [0, 0.05) is 11.1 Å². The second kappa shape index (κ2) is 5.68. The highest BCUT2D eigenvalue weighted by atomic mass is 16.5. The molecule has 4 aliphatic carbocycles. The molecule has 1 aromatic carbocycles.